The van der Waals surface area contributed by atoms with Crippen molar-refractivity contribution < 1.29 is 23.0 Å². The van der Waals surface area contributed by atoms with E-state index in [-0.39, 0.29) is 17.4 Å². The molecule has 0 bridgehead atoms. The van der Waals surface area contributed by atoms with Crippen LogP contribution in [0.15, 0.2) is 71.2 Å². The first-order chi connectivity index (χ1) is 19.8. The highest BCUT2D eigenvalue weighted by Crippen LogP contribution is 2.47. The molecule has 3 atom stereocenters. The fourth-order valence-corrected chi connectivity index (χ4v) is 6.17. The van der Waals surface area contributed by atoms with Crippen molar-refractivity contribution in [1.29, 1.82) is 0 Å². The number of alkyl halides is 2. The lowest BCUT2D eigenvalue weighted by Crippen LogP contribution is -2.44. The number of carbonyl (C=O) groups excluding carboxylic acids is 1. The minimum absolute atomic E-state index is 0.0739. The summed E-state index contributed by atoms with van der Waals surface area (Å²) in [5, 5.41) is 8.71. The van der Waals surface area contributed by atoms with E-state index in [0.717, 1.165) is 28.9 Å². The Morgan fingerprint density at radius 3 is 2.80 bits per heavy atom. The summed E-state index contributed by atoms with van der Waals surface area (Å²) in [5.74, 6) is 0.194. The van der Waals surface area contributed by atoms with E-state index in [1.165, 1.54) is 17.4 Å². The van der Waals surface area contributed by atoms with E-state index in [0.29, 0.717) is 36.3 Å². The van der Waals surface area contributed by atoms with Gasteiger partial charge in [-0.2, -0.15) is 8.78 Å². The van der Waals surface area contributed by atoms with Crippen LogP contribution in [0.25, 0.3) is 5.70 Å². The van der Waals surface area contributed by atoms with Crippen LogP contribution in [-0.4, -0.2) is 35.1 Å². The van der Waals surface area contributed by atoms with E-state index in [9.17, 15) is 13.6 Å². The monoisotopic (exact) mass is 579 g/mol. The predicted octanol–water partition coefficient (Wildman–Crippen LogP) is 6.53. The van der Waals surface area contributed by atoms with Crippen LogP contribution in [0.1, 0.15) is 53.3 Å². The smallest absolute Gasteiger partial charge is 0.387 e. The molecule has 0 saturated heterocycles. The van der Waals surface area contributed by atoms with E-state index < -0.39 is 18.1 Å². The topological polar surface area (TPSA) is 97.7 Å². The number of hydrogen-bond donors (Lipinski definition) is 2. The van der Waals surface area contributed by atoms with Gasteiger partial charge in [0.25, 0.3) is 11.9 Å². The predicted molar refractivity (Wildman–Crippen MR) is 155 cm³/mol. The molecule has 5 rings (SSSR count). The molecule has 0 fully saturated rings. The SMILES string of the molecule is CC=C(NC1=NC2(c3nc(NC(=O)c4ncc(OC(F)F)cc4C)cs3)CC=C[C@@H](C)CC2CO1)c1ccccc1. The molecule has 0 saturated carbocycles. The third-order valence-corrected chi connectivity index (χ3v) is 8.18. The second kappa shape index (κ2) is 12.2. The number of pyridine rings is 1. The van der Waals surface area contributed by atoms with Gasteiger partial charge in [-0.3, -0.25) is 4.79 Å². The zero-order chi connectivity index (χ0) is 29.0. The van der Waals surface area contributed by atoms with Gasteiger partial charge in [0.2, 0.25) is 0 Å². The Bertz CT molecular complexity index is 1490. The molecule has 3 heterocycles. The molecular formula is C30H31F2N5O3S. The number of aromatic nitrogens is 2. The third-order valence-electron chi connectivity index (χ3n) is 7.17. The zero-order valence-corrected chi connectivity index (χ0v) is 23.8. The lowest BCUT2D eigenvalue weighted by atomic mass is 9.79. The molecule has 0 radical (unpaired) electrons. The quantitative estimate of drug-likeness (QED) is 0.309. The van der Waals surface area contributed by atoms with Gasteiger partial charge in [0.1, 0.15) is 27.8 Å². The molecule has 1 aromatic carbocycles. The summed E-state index contributed by atoms with van der Waals surface area (Å²) in [6, 6.07) is 11.7. The van der Waals surface area contributed by atoms with Crippen molar-refractivity contribution in [3.8, 4) is 5.75 Å². The molecule has 2 aromatic heterocycles. The maximum Gasteiger partial charge on any atom is 0.387 e. The fraction of sp³-hybridized carbons (Fsp3) is 0.333. The molecule has 1 amide bonds. The molecule has 2 aliphatic rings. The lowest BCUT2D eigenvalue weighted by molar-refractivity contribution is -0.0501. The van der Waals surface area contributed by atoms with Crippen LogP contribution in [0.5, 0.6) is 5.75 Å². The number of thiazole rings is 1. The number of rotatable bonds is 7. The average molecular weight is 580 g/mol. The summed E-state index contributed by atoms with van der Waals surface area (Å²) in [4.78, 5) is 27.0. The summed E-state index contributed by atoms with van der Waals surface area (Å²) in [6.45, 7) is 3.24. The van der Waals surface area contributed by atoms with E-state index in [1.807, 2.05) is 43.3 Å². The van der Waals surface area contributed by atoms with E-state index >= 15 is 0 Å². The van der Waals surface area contributed by atoms with Crippen molar-refractivity contribution in [2.45, 2.75) is 45.8 Å². The first-order valence-corrected chi connectivity index (χ1v) is 14.2. The number of nitrogens with one attached hydrogen (secondary N) is 2. The molecule has 0 spiro atoms. The molecule has 1 aliphatic heterocycles. The molecular weight excluding hydrogens is 548 g/mol. The van der Waals surface area contributed by atoms with Gasteiger partial charge >= 0.3 is 6.61 Å². The summed E-state index contributed by atoms with van der Waals surface area (Å²) in [6.07, 6.45) is 8.95. The maximum atomic E-state index is 13.0. The van der Waals surface area contributed by atoms with Gasteiger partial charge in [-0.1, -0.05) is 55.5 Å². The third kappa shape index (κ3) is 6.30. The normalized spacial score (nSPS) is 22.3. The average Bonchev–Trinajstić information content (AvgIpc) is 3.34. The Morgan fingerprint density at radius 2 is 2.07 bits per heavy atom. The number of aliphatic imine (C=N–C) groups is 1. The minimum atomic E-state index is -2.97. The molecule has 8 nitrogen and oxygen atoms in total. The second-order valence-corrected chi connectivity index (χ2v) is 11.0. The number of allylic oxidation sites excluding steroid dienone is 2. The lowest BCUT2D eigenvalue weighted by Gasteiger charge is -2.39. The molecule has 2 N–H and O–H groups in total. The first kappa shape index (κ1) is 28.4. The van der Waals surface area contributed by atoms with Gasteiger partial charge in [-0.25, -0.2) is 15.0 Å². The van der Waals surface area contributed by atoms with Gasteiger partial charge in [0.05, 0.1) is 12.8 Å². The number of nitrogens with zero attached hydrogens (tertiary/aromatic N) is 3. The van der Waals surface area contributed by atoms with Crippen molar-refractivity contribution in [2.24, 2.45) is 16.8 Å². The number of amides is 1. The maximum absolute atomic E-state index is 13.0. The van der Waals surface area contributed by atoms with E-state index in [1.54, 1.807) is 12.3 Å². The van der Waals surface area contributed by atoms with Crippen LogP contribution in [0.4, 0.5) is 14.6 Å². The van der Waals surface area contributed by atoms with E-state index in [4.69, 9.17) is 14.7 Å². The highest BCUT2D eigenvalue weighted by atomic mass is 32.1. The Kier molecular flexibility index (Phi) is 8.44. The zero-order valence-electron chi connectivity index (χ0n) is 22.9. The highest BCUT2D eigenvalue weighted by Gasteiger charge is 2.47. The van der Waals surface area contributed by atoms with Crippen molar-refractivity contribution in [1.82, 2.24) is 15.3 Å². The Balaban J connectivity index is 1.42. The summed E-state index contributed by atoms with van der Waals surface area (Å²) in [5.41, 5.74) is 1.73. The van der Waals surface area contributed by atoms with Crippen LogP contribution in [0, 0.1) is 18.8 Å². The number of fused-ring (bicyclic) bond motifs is 1. The van der Waals surface area contributed by atoms with Crippen LogP contribution in [0.3, 0.4) is 0 Å². The standard InChI is InChI=1S/C30H31F2N5O3S/c1-4-23(20-10-6-5-7-11-20)34-29-37-30(12-8-9-18(2)13-21(30)16-39-29)27-36-24(17-41-27)35-26(38)25-19(3)14-22(15-33-25)40-28(31)32/h4-11,14-15,17-18,21,28H,12-13,16H2,1-3H3,(H,34,37)(H,35,38)/t18-,21?,30?/m1/s1. The van der Waals surface area contributed by atoms with Crippen molar-refractivity contribution in [2.75, 3.05) is 11.9 Å². The van der Waals surface area contributed by atoms with Gasteiger partial charge in [-0.15, -0.1) is 11.3 Å². The van der Waals surface area contributed by atoms with Gasteiger partial charge in [0, 0.05) is 17.0 Å². The van der Waals surface area contributed by atoms with Crippen molar-refractivity contribution in [3.05, 3.63) is 88.0 Å². The number of carbonyl (C=O) groups is 1. The van der Waals surface area contributed by atoms with Gasteiger partial charge in [-0.05, 0) is 49.8 Å². The summed E-state index contributed by atoms with van der Waals surface area (Å²) < 4.78 is 35.6. The molecule has 1 aliphatic carbocycles. The van der Waals surface area contributed by atoms with Crippen molar-refractivity contribution in [3.63, 3.8) is 0 Å². The van der Waals surface area contributed by atoms with Gasteiger partial charge in [0.15, 0.2) is 0 Å². The molecule has 41 heavy (non-hydrogen) atoms. The molecule has 3 aromatic rings. The first-order valence-electron chi connectivity index (χ1n) is 13.3. The van der Waals surface area contributed by atoms with Crippen LogP contribution in [-0.2, 0) is 10.3 Å². The second-order valence-electron chi connectivity index (χ2n) is 10.1. The number of ether oxygens (including phenoxy) is 2. The molecule has 2 unspecified atom stereocenters. The summed E-state index contributed by atoms with van der Waals surface area (Å²) in [7, 11) is 0. The molecule has 11 heteroatoms. The minimum Gasteiger partial charge on any atom is -0.465 e. The number of amidine groups is 1. The van der Waals surface area contributed by atoms with Crippen LogP contribution in [0.2, 0.25) is 0 Å². The number of hydrogen-bond acceptors (Lipinski definition) is 8. The summed E-state index contributed by atoms with van der Waals surface area (Å²) >= 11 is 1.43. The van der Waals surface area contributed by atoms with Crippen LogP contribution >= 0.6 is 11.3 Å². The highest BCUT2D eigenvalue weighted by molar-refractivity contribution is 7.10. The van der Waals surface area contributed by atoms with Crippen LogP contribution < -0.4 is 15.4 Å². The van der Waals surface area contributed by atoms with Crippen molar-refractivity contribution >= 4 is 34.8 Å². The van der Waals surface area contributed by atoms with Gasteiger partial charge < -0.3 is 20.1 Å². The number of benzene rings is 1. The van der Waals surface area contributed by atoms with E-state index in [2.05, 4.69) is 39.4 Å². The Labute approximate surface area is 241 Å². The fourth-order valence-electron chi connectivity index (χ4n) is 5.18. The number of aryl methyl sites for hydroxylation is 1. The number of anilines is 1. The Morgan fingerprint density at radius 1 is 1.27 bits per heavy atom. The Hall–Kier alpha value is -4.12. The largest absolute Gasteiger partial charge is 0.465 e. The molecule has 214 valence electrons. The number of halogens is 2.